The Balaban J connectivity index is 0.941. The van der Waals surface area contributed by atoms with Crippen LogP contribution in [0.2, 0.25) is 0 Å². The summed E-state index contributed by atoms with van der Waals surface area (Å²) in [6.45, 7) is 4.24. The van der Waals surface area contributed by atoms with E-state index in [1.54, 1.807) is 0 Å². The predicted octanol–water partition coefficient (Wildman–Crippen LogP) is 14.4. The van der Waals surface area contributed by atoms with Crippen molar-refractivity contribution >= 4 is 57.9 Å². The summed E-state index contributed by atoms with van der Waals surface area (Å²) in [5, 5.41) is 0. The highest BCUT2D eigenvalue weighted by atomic mass is 15.1. The molecule has 8 aromatic carbocycles. The van der Waals surface area contributed by atoms with E-state index >= 15 is 0 Å². The molecule has 0 bridgehead atoms. The third-order valence-electron chi connectivity index (χ3n) is 9.79. The van der Waals surface area contributed by atoms with Gasteiger partial charge in [0.15, 0.2) is 0 Å². The summed E-state index contributed by atoms with van der Waals surface area (Å²) >= 11 is 0. The van der Waals surface area contributed by atoms with E-state index in [2.05, 4.69) is 206 Å². The Hall–Kier alpha value is -7.30. The summed E-state index contributed by atoms with van der Waals surface area (Å²) in [5.74, 6) is 0. The van der Waals surface area contributed by atoms with Crippen molar-refractivity contribution in [2.24, 2.45) is 9.98 Å². The van der Waals surface area contributed by atoms with E-state index < -0.39 is 0 Å². The molecule has 0 fully saturated rings. The molecule has 8 rings (SSSR count). The summed E-state index contributed by atoms with van der Waals surface area (Å²) in [6.07, 6.45) is 3.88. The molecule has 0 N–H and O–H groups in total. The minimum Gasteiger partial charge on any atom is -0.311 e. The predicted molar refractivity (Wildman–Crippen MR) is 238 cm³/mol. The topological polar surface area (TPSA) is 31.2 Å². The fraction of sp³-hybridized carbons (Fsp3) is 0.0385. The minimum atomic E-state index is 0.952. The molecule has 0 saturated carbocycles. The van der Waals surface area contributed by atoms with E-state index in [9.17, 15) is 0 Å². The van der Waals surface area contributed by atoms with Crippen LogP contribution in [-0.4, -0.2) is 12.4 Å². The molecule has 8 aromatic rings. The lowest BCUT2D eigenvalue weighted by molar-refractivity contribution is 1.28. The van der Waals surface area contributed by atoms with Crippen molar-refractivity contribution in [1.82, 2.24) is 0 Å². The highest BCUT2D eigenvalue weighted by Gasteiger charge is 2.13. The van der Waals surface area contributed by atoms with Crippen molar-refractivity contribution in [3.63, 3.8) is 0 Å². The van der Waals surface area contributed by atoms with Crippen molar-refractivity contribution in [1.29, 1.82) is 0 Å². The Morgan fingerprint density at radius 1 is 0.321 bits per heavy atom. The first-order valence-electron chi connectivity index (χ1n) is 18.9. The van der Waals surface area contributed by atoms with Gasteiger partial charge in [-0.1, -0.05) is 109 Å². The van der Waals surface area contributed by atoms with Gasteiger partial charge in [-0.25, -0.2) is 0 Å². The van der Waals surface area contributed by atoms with Crippen LogP contribution < -0.4 is 9.80 Å². The Bertz CT molecular complexity index is 2300. The monoisotopic (exact) mass is 722 g/mol. The maximum absolute atomic E-state index is 4.87. The molecular formula is C52H42N4. The van der Waals surface area contributed by atoms with Gasteiger partial charge in [-0.2, -0.15) is 0 Å². The Morgan fingerprint density at radius 3 is 0.893 bits per heavy atom. The smallest absolute Gasteiger partial charge is 0.0659 e. The number of anilines is 6. The largest absolute Gasteiger partial charge is 0.311 e. The molecule has 0 radical (unpaired) electrons. The average Bonchev–Trinajstić information content (AvgIpc) is 3.25. The van der Waals surface area contributed by atoms with Crippen LogP contribution in [0.1, 0.15) is 22.3 Å². The molecule has 0 saturated heterocycles. The lowest BCUT2D eigenvalue weighted by Crippen LogP contribution is -2.09. The van der Waals surface area contributed by atoms with Crippen molar-refractivity contribution < 1.29 is 0 Å². The van der Waals surface area contributed by atoms with Crippen LogP contribution in [0.25, 0.3) is 11.1 Å². The Kier molecular flexibility index (Phi) is 10.7. The van der Waals surface area contributed by atoms with E-state index in [1.165, 1.54) is 0 Å². The number of rotatable bonds is 11. The zero-order chi connectivity index (χ0) is 38.1. The third-order valence-corrected chi connectivity index (χ3v) is 9.79. The highest BCUT2D eigenvalue weighted by Crippen LogP contribution is 2.36. The summed E-state index contributed by atoms with van der Waals surface area (Å²) in [4.78, 5) is 14.3. The maximum atomic E-state index is 4.87. The number of aliphatic imine (C=N–C) groups is 2. The van der Waals surface area contributed by atoms with Crippen LogP contribution in [0.4, 0.5) is 45.5 Å². The first kappa shape index (κ1) is 35.7. The van der Waals surface area contributed by atoms with Gasteiger partial charge in [0.1, 0.15) is 0 Å². The molecule has 0 aliphatic rings. The standard InChI is InChI=1S/C52H42N4/c1-39-35-43(27-33-51(39)53-37-41-23-29-49(30-24-41)55(45-15-7-3-8-16-45)46-17-9-4-10-18-46)44-28-34-52(40(2)36-44)54-38-42-25-31-50(32-26-42)56(47-19-11-5-12-20-47)48-21-13-6-14-22-48/h3-38H,1-2H3. The summed E-state index contributed by atoms with van der Waals surface area (Å²) in [6, 6.07) is 71.8. The van der Waals surface area contributed by atoms with Crippen LogP contribution in [0.5, 0.6) is 0 Å². The van der Waals surface area contributed by atoms with E-state index in [-0.39, 0.29) is 0 Å². The third kappa shape index (κ3) is 8.25. The maximum Gasteiger partial charge on any atom is 0.0659 e. The van der Waals surface area contributed by atoms with Crippen LogP contribution in [-0.2, 0) is 0 Å². The van der Waals surface area contributed by atoms with Crippen molar-refractivity contribution in [3.8, 4) is 11.1 Å². The van der Waals surface area contributed by atoms with Gasteiger partial charge >= 0.3 is 0 Å². The first-order chi connectivity index (χ1) is 27.6. The SMILES string of the molecule is Cc1cc(-c2ccc(N=Cc3ccc(N(c4ccccc4)c4ccccc4)cc3)c(C)c2)ccc1N=Cc1ccc(N(c2ccccc2)c2ccccc2)cc1. The molecule has 0 amide bonds. The highest BCUT2D eigenvalue weighted by molar-refractivity contribution is 5.86. The van der Waals surface area contributed by atoms with Gasteiger partial charge in [-0.15, -0.1) is 0 Å². The van der Waals surface area contributed by atoms with Crippen LogP contribution in [0, 0.1) is 13.8 Å². The molecule has 0 atom stereocenters. The molecule has 4 nitrogen and oxygen atoms in total. The van der Waals surface area contributed by atoms with Crippen molar-refractivity contribution in [2.45, 2.75) is 13.8 Å². The van der Waals surface area contributed by atoms with Gasteiger partial charge in [0.2, 0.25) is 0 Å². The van der Waals surface area contributed by atoms with Gasteiger partial charge in [0, 0.05) is 46.6 Å². The van der Waals surface area contributed by atoms with Gasteiger partial charge < -0.3 is 9.80 Å². The zero-order valence-corrected chi connectivity index (χ0v) is 31.6. The summed E-state index contributed by atoms with van der Waals surface area (Å²) in [7, 11) is 0. The van der Waals surface area contributed by atoms with Crippen LogP contribution in [0.3, 0.4) is 0 Å². The van der Waals surface area contributed by atoms with E-state index in [1.807, 2.05) is 36.7 Å². The number of aryl methyl sites for hydroxylation is 2. The second kappa shape index (κ2) is 16.8. The number of hydrogen-bond acceptors (Lipinski definition) is 4. The quantitative estimate of drug-likeness (QED) is 0.124. The molecule has 0 unspecified atom stereocenters. The van der Waals surface area contributed by atoms with E-state index in [0.717, 1.165) is 78.9 Å². The number of hydrogen-bond donors (Lipinski definition) is 0. The molecule has 0 aliphatic carbocycles. The summed E-state index contributed by atoms with van der Waals surface area (Å²) in [5.41, 5.74) is 15.2. The number of nitrogens with zero attached hydrogens (tertiary/aromatic N) is 4. The number of para-hydroxylation sites is 4. The van der Waals surface area contributed by atoms with Gasteiger partial charge in [-0.3, -0.25) is 9.98 Å². The molecule has 0 heterocycles. The summed E-state index contributed by atoms with van der Waals surface area (Å²) < 4.78 is 0. The van der Waals surface area contributed by atoms with Crippen molar-refractivity contribution in [3.05, 3.63) is 229 Å². The lowest BCUT2D eigenvalue weighted by atomic mass is 10.00. The lowest BCUT2D eigenvalue weighted by Gasteiger charge is -2.25. The zero-order valence-electron chi connectivity index (χ0n) is 31.6. The number of benzene rings is 8. The minimum absolute atomic E-state index is 0.952. The fourth-order valence-electron chi connectivity index (χ4n) is 6.87. The first-order valence-corrected chi connectivity index (χ1v) is 18.9. The van der Waals surface area contributed by atoms with Crippen molar-refractivity contribution in [2.75, 3.05) is 9.80 Å². The molecule has 0 aliphatic heterocycles. The molecular weight excluding hydrogens is 681 g/mol. The second-order valence-electron chi connectivity index (χ2n) is 13.7. The van der Waals surface area contributed by atoms with E-state index in [4.69, 9.17) is 9.98 Å². The Morgan fingerprint density at radius 2 is 0.607 bits per heavy atom. The molecule has 270 valence electrons. The Labute approximate surface area is 330 Å². The van der Waals surface area contributed by atoms with Crippen LogP contribution in [0.15, 0.2) is 216 Å². The molecule has 0 spiro atoms. The fourth-order valence-corrected chi connectivity index (χ4v) is 6.87. The molecule has 4 heteroatoms. The normalized spacial score (nSPS) is 11.2. The molecule has 56 heavy (non-hydrogen) atoms. The van der Waals surface area contributed by atoms with Gasteiger partial charge in [-0.05, 0) is 144 Å². The van der Waals surface area contributed by atoms with Gasteiger partial charge in [0.25, 0.3) is 0 Å². The second-order valence-corrected chi connectivity index (χ2v) is 13.7. The van der Waals surface area contributed by atoms with E-state index in [0.29, 0.717) is 0 Å². The van der Waals surface area contributed by atoms with Gasteiger partial charge in [0.05, 0.1) is 11.4 Å². The average molecular weight is 723 g/mol. The molecule has 0 aromatic heterocycles. The van der Waals surface area contributed by atoms with Crippen LogP contribution >= 0.6 is 0 Å².